The van der Waals surface area contributed by atoms with Crippen molar-refractivity contribution in [1.29, 1.82) is 0 Å². The van der Waals surface area contributed by atoms with Crippen molar-refractivity contribution >= 4 is 49.8 Å². The Labute approximate surface area is 144 Å². The number of halogens is 2. The van der Waals surface area contributed by atoms with Crippen LogP contribution < -0.4 is 0 Å². The largest absolute Gasteiger partial charge is 0.506 e. The number of aromatic hydroxyl groups is 2. The van der Waals surface area contributed by atoms with E-state index >= 15 is 0 Å². The van der Waals surface area contributed by atoms with E-state index in [4.69, 9.17) is 0 Å². The van der Waals surface area contributed by atoms with Crippen LogP contribution in [0.25, 0.3) is 12.2 Å². The van der Waals surface area contributed by atoms with Crippen molar-refractivity contribution in [2.45, 2.75) is 0 Å². The summed E-state index contributed by atoms with van der Waals surface area (Å²) in [6.45, 7) is 0. The lowest BCUT2D eigenvalue weighted by molar-refractivity contribution is -0.110. The SMILES string of the molecule is O=C(C=Cc1cccc(Br)c1O)C=Cc1cccc(Br)c1O. The minimum Gasteiger partial charge on any atom is -0.506 e. The van der Waals surface area contributed by atoms with Gasteiger partial charge in [-0.25, -0.2) is 0 Å². The quantitative estimate of drug-likeness (QED) is 0.686. The number of para-hydroxylation sites is 2. The number of phenols is 2. The second kappa shape index (κ2) is 7.42. The van der Waals surface area contributed by atoms with E-state index in [0.29, 0.717) is 20.1 Å². The zero-order chi connectivity index (χ0) is 16.1. The molecule has 2 rings (SSSR count). The number of rotatable bonds is 4. The molecule has 0 aliphatic heterocycles. The molecule has 0 amide bonds. The normalized spacial score (nSPS) is 11.4. The first kappa shape index (κ1) is 16.5. The molecule has 112 valence electrons. The standard InChI is InChI=1S/C17H12Br2O3/c18-14-5-1-3-11(16(14)21)7-9-13(20)10-8-12-4-2-6-15(19)17(12)22/h1-10,21-22H. The minimum absolute atomic E-state index is 0.0835. The van der Waals surface area contributed by atoms with Crippen molar-refractivity contribution in [3.8, 4) is 11.5 Å². The summed E-state index contributed by atoms with van der Waals surface area (Å²) in [5.74, 6) is -0.0842. The molecule has 0 unspecified atom stereocenters. The summed E-state index contributed by atoms with van der Waals surface area (Å²) in [5.41, 5.74) is 1.09. The predicted molar refractivity (Wildman–Crippen MR) is 94.7 cm³/mol. The van der Waals surface area contributed by atoms with Crippen LogP contribution in [-0.2, 0) is 4.79 Å². The molecule has 0 fully saturated rings. The number of phenolic OH excluding ortho intramolecular Hbond substituents is 2. The summed E-state index contributed by atoms with van der Waals surface area (Å²) in [6, 6.07) is 10.4. The molecule has 0 radical (unpaired) electrons. The predicted octanol–water partition coefficient (Wildman–Crippen LogP) is 4.92. The van der Waals surface area contributed by atoms with Crippen molar-refractivity contribution in [3.05, 3.63) is 68.6 Å². The molecule has 2 N–H and O–H groups in total. The van der Waals surface area contributed by atoms with Crippen LogP contribution in [0.15, 0.2) is 57.5 Å². The van der Waals surface area contributed by atoms with Crippen LogP contribution in [0.1, 0.15) is 11.1 Å². The topological polar surface area (TPSA) is 57.5 Å². The summed E-state index contributed by atoms with van der Waals surface area (Å²) in [4.78, 5) is 11.8. The Morgan fingerprint density at radius 2 is 1.23 bits per heavy atom. The number of hydrogen-bond donors (Lipinski definition) is 2. The summed E-state index contributed by atoms with van der Waals surface area (Å²) < 4.78 is 1.13. The van der Waals surface area contributed by atoms with E-state index in [-0.39, 0.29) is 17.3 Å². The number of allylic oxidation sites excluding steroid dienone is 2. The summed E-state index contributed by atoms with van der Waals surface area (Å²) >= 11 is 6.43. The molecule has 0 bridgehead atoms. The number of carbonyl (C=O) groups is 1. The molecular weight excluding hydrogens is 412 g/mol. The first-order valence-corrected chi connectivity index (χ1v) is 7.92. The van der Waals surface area contributed by atoms with Gasteiger partial charge >= 0.3 is 0 Å². The Morgan fingerprint density at radius 1 is 0.818 bits per heavy atom. The van der Waals surface area contributed by atoms with Crippen LogP contribution in [0.5, 0.6) is 11.5 Å². The smallest absolute Gasteiger partial charge is 0.178 e. The molecule has 0 saturated heterocycles. The molecule has 0 aliphatic carbocycles. The molecule has 2 aromatic carbocycles. The highest BCUT2D eigenvalue weighted by atomic mass is 79.9. The fourth-order valence-electron chi connectivity index (χ4n) is 1.73. The van der Waals surface area contributed by atoms with Gasteiger partial charge in [-0.1, -0.05) is 24.3 Å². The van der Waals surface area contributed by atoms with Crippen LogP contribution in [0.4, 0.5) is 0 Å². The lowest BCUT2D eigenvalue weighted by Crippen LogP contribution is -1.86. The summed E-state index contributed by atoms with van der Waals surface area (Å²) in [5, 5.41) is 19.6. The first-order chi connectivity index (χ1) is 10.5. The molecule has 0 aromatic heterocycles. The van der Waals surface area contributed by atoms with E-state index < -0.39 is 0 Å². The molecular formula is C17H12Br2O3. The maximum absolute atomic E-state index is 11.8. The number of hydrogen-bond acceptors (Lipinski definition) is 3. The van der Waals surface area contributed by atoms with Gasteiger partial charge in [-0.2, -0.15) is 0 Å². The van der Waals surface area contributed by atoms with E-state index in [1.165, 1.54) is 24.3 Å². The lowest BCUT2D eigenvalue weighted by Gasteiger charge is -2.01. The molecule has 3 nitrogen and oxygen atoms in total. The third-order valence-electron chi connectivity index (χ3n) is 2.89. The van der Waals surface area contributed by atoms with Crippen molar-refractivity contribution < 1.29 is 15.0 Å². The van der Waals surface area contributed by atoms with E-state index in [9.17, 15) is 15.0 Å². The average Bonchev–Trinajstić information content (AvgIpc) is 2.50. The van der Waals surface area contributed by atoms with Crippen molar-refractivity contribution in [2.75, 3.05) is 0 Å². The molecule has 0 aliphatic rings. The Balaban J connectivity index is 2.13. The zero-order valence-corrected chi connectivity index (χ0v) is 14.5. The van der Waals surface area contributed by atoms with Gasteiger partial charge in [-0.3, -0.25) is 4.79 Å². The molecule has 0 saturated carbocycles. The van der Waals surface area contributed by atoms with Crippen LogP contribution in [0, 0.1) is 0 Å². The summed E-state index contributed by atoms with van der Waals surface area (Å²) in [6.07, 6.45) is 5.78. The lowest BCUT2D eigenvalue weighted by atomic mass is 10.1. The number of ketones is 1. The highest BCUT2D eigenvalue weighted by molar-refractivity contribution is 9.10. The van der Waals surface area contributed by atoms with Crippen LogP contribution >= 0.6 is 31.9 Å². The molecule has 2 aromatic rings. The zero-order valence-electron chi connectivity index (χ0n) is 11.3. The minimum atomic E-state index is -0.251. The van der Waals surface area contributed by atoms with Crippen molar-refractivity contribution in [3.63, 3.8) is 0 Å². The summed E-state index contributed by atoms with van der Waals surface area (Å²) in [7, 11) is 0. The number of benzene rings is 2. The molecule has 0 atom stereocenters. The first-order valence-electron chi connectivity index (χ1n) is 6.34. The van der Waals surface area contributed by atoms with Gasteiger partial charge in [0.15, 0.2) is 5.78 Å². The van der Waals surface area contributed by atoms with Crippen LogP contribution in [-0.4, -0.2) is 16.0 Å². The highest BCUT2D eigenvalue weighted by Crippen LogP contribution is 2.29. The molecule has 0 heterocycles. The maximum Gasteiger partial charge on any atom is 0.178 e. The second-order valence-electron chi connectivity index (χ2n) is 4.42. The van der Waals surface area contributed by atoms with Crippen molar-refractivity contribution in [2.24, 2.45) is 0 Å². The van der Waals surface area contributed by atoms with Crippen molar-refractivity contribution in [1.82, 2.24) is 0 Å². The fraction of sp³-hybridized carbons (Fsp3) is 0. The Kier molecular flexibility index (Phi) is 5.57. The maximum atomic E-state index is 11.8. The van der Waals surface area contributed by atoms with E-state index in [2.05, 4.69) is 31.9 Å². The highest BCUT2D eigenvalue weighted by Gasteiger charge is 2.03. The van der Waals surface area contributed by atoms with E-state index in [1.807, 2.05) is 0 Å². The average molecular weight is 424 g/mol. The van der Waals surface area contributed by atoms with Gasteiger partial charge in [0.1, 0.15) is 11.5 Å². The van der Waals surface area contributed by atoms with Gasteiger partial charge in [0, 0.05) is 11.1 Å². The van der Waals surface area contributed by atoms with E-state index in [1.54, 1.807) is 36.4 Å². The van der Waals surface area contributed by atoms with Gasteiger partial charge in [-0.15, -0.1) is 0 Å². The molecule has 5 heteroatoms. The molecule has 22 heavy (non-hydrogen) atoms. The van der Waals surface area contributed by atoms with Gasteiger partial charge in [-0.05, 0) is 68.3 Å². The van der Waals surface area contributed by atoms with Crippen LogP contribution in [0.3, 0.4) is 0 Å². The molecule has 0 spiro atoms. The van der Waals surface area contributed by atoms with Gasteiger partial charge in [0.05, 0.1) is 8.95 Å². The van der Waals surface area contributed by atoms with Gasteiger partial charge in [0.2, 0.25) is 0 Å². The monoisotopic (exact) mass is 422 g/mol. The third-order valence-corrected chi connectivity index (χ3v) is 4.17. The fourth-order valence-corrected chi connectivity index (χ4v) is 2.50. The van der Waals surface area contributed by atoms with Gasteiger partial charge in [0.25, 0.3) is 0 Å². The Bertz CT molecular complexity index is 701. The Morgan fingerprint density at radius 3 is 1.64 bits per heavy atom. The third kappa shape index (κ3) is 4.08. The number of carbonyl (C=O) groups excluding carboxylic acids is 1. The Hall–Kier alpha value is -1.85. The second-order valence-corrected chi connectivity index (χ2v) is 6.13. The van der Waals surface area contributed by atoms with Gasteiger partial charge < -0.3 is 10.2 Å². The van der Waals surface area contributed by atoms with Crippen LogP contribution in [0.2, 0.25) is 0 Å². The van der Waals surface area contributed by atoms with E-state index in [0.717, 1.165) is 0 Å².